The minimum atomic E-state index is -0.775. The number of fused-ring (bicyclic) bond motifs is 5. The van der Waals surface area contributed by atoms with Gasteiger partial charge in [0.2, 0.25) is 0 Å². The molecular weight excluding hydrogens is 388 g/mol. The second kappa shape index (κ2) is 7.67. The second-order valence-corrected chi connectivity index (χ2v) is 7.42. The van der Waals surface area contributed by atoms with Gasteiger partial charge in [-0.15, -0.1) is 0 Å². The highest BCUT2D eigenvalue weighted by Crippen LogP contribution is 2.61. The first-order valence-electron chi connectivity index (χ1n) is 9.54. The number of H-pyrrole nitrogens is 1. The van der Waals surface area contributed by atoms with Crippen LogP contribution in [0.1, 0.15) is 51.1 Å². The molecule has 154 valence electrons. The number of esters is 3. The number of hydrogen-bond acceptors (Lipinski definition) is 7. The van der Waals surface area contributed by atoms with Gasteiger partial charge in [-0.25, -0.2) is 4.79 Å². The van der Waals surface area contributed by atoms with Gasteiger partial charge in [0, 0.05) is 11.8 Å². The molecule has 8 heteroatoms. The molecule has 0 unspecified atom stereocenters. The maximum absolute atomic E-state index is 12.8. The van der Waals surface area contributed by atoms with E-state index in [-0.39, 0.29) is 18.0 Å². The maximum atomic E-state index is 12.8. The molecule has 8 nitrogen and oxygen atoms in total. The van der Waals surface area contributed by atoms with Crippen molar-refractivity contribution in [1.29, 1.82) is 5.26 Å². The minimum absolute atomic E-state index is 0.0780. The van der Waals surface area contributed by atoms with Crippen molar-refractivity contribution in [2.75, 3.05) is 14.2 Å². The summed E-state index contributed by atoms with van der Waals surface area (Å²) in [6, 6.07) is 11.3. The van der Waals surface area contributed by atoms with Crippen LogP contribution >= 0.6 is 0 Å². The quantitative estimate of drug-likeness (QED) is 0.596. The number of carbonyl (C=O) groups is 3. The molecule has 1 heterocycles. The SMILES string of the molecule is COC(=O)[C@H]1[C@H](C(=O)OC)[C@H]2C[C@@H]1c1c(C#N)[nH]c(C(=O)OCc3ccccc3)c12. The molecule has 0 aliphatic heterocycles. The fraction of sp³-hybridized carbons (Fsp3) is 0.364. The molecule has 4 rings (SSSR count). The molecule has 2 aromatic rings. The number of hydrogen-bond donors (Lipinski definition) is 1. The van der Waals surface area contributed by atoms with Crippen LogP contribution in [0.25, 0.3) is 0 Å². The average Bonchev–Trinajstić information content (AvgIpc) is 3.46. The first-order valence-corrected chi connectivity index (χ1v) is 9.54. The molecule has 0 saturated heterocycles. The number of benzene rings is 1. The topological polar surface area (TPSA) is 118 Å². The summed E-state index contributed by atoms with van der Waals surface area (Å²) in [4.78, 5) is 40.6. The van der Waals surface area contributed by atoms with Crippen molar-refractivity contribution < 1.29 is 28.6 Å². The third kappa shape index (κ3) is 2.94. The number of aromatic amines is 1. The van der Waals surface area contributed by atoms with E-state index in [1.807, 2.05) is 30.3 Å². The zero-order valence-corrected chi connectivity index (χ0v) is 16.5. The maximum Gasteiger partial charge on any atom is 0.355 e. The van der Waals surface area contributed by atoms with E-state index in [9.17, 15) is 19.6 Å². The summed E-state index contributed by atoms with van der Waals surface area (Å²) < 4.78 is 15.3. The number of nitrogens with one attached hydrogen (secondary N) is 1. The molecule has 2 bridgehead atoms. The Morgan fingerprint density at radius 1 is 1.03 bits per heavy atom. The lowest BCUT2D eigenvalue weighted by atomic mass is 9.76. The van der Waals surface area contributed by atoms with Crippen LogP contribution in [0.3, 0.4) is 0 Å². The Balaban J connectivity index is 1.70. The molecule has 1 aromatic heterocycles. The van der Waals surface area contributed by atoms with Crippen molar-refractivity contribution >= 4 is 17.9 Å². The van der Waals surface area contributed by atoms with Crippen molar-refractivity contribution in [2.45, 2.75) is 24.9 Å². The van der Waals surface area contributed by atoms with Gasteiger partial charge >= 0.3 is 17.9 Å². The fourth-order valence-electron chi connectivity index (χ4n) is 4.90. The van der Waals surface area contributed by atoms with Gasteiger partial charge in [-0.3, -0.25) is 9.59 Å². The molecule has 30 heavy (non-hydrogen) atoms. The molecule has 1 fully saturated rings. The van der Waals surface area contributed by atoms with Crippen LogP contribution in [0.5, 0.6) is 0 Å². The van der Waals surface area contributed by atoms with Crippen molar-refractivity contribution in [1.82, 2.24) is 4.98 Å². The smallest absolute Gasteiger partial charge is 0.355 e. The van der Waals surface area contributed by atoms with Crippen LogP contribution in [0.15, 0.2) is 30.3 Å². The number of rotatable bonds is 5. The number of methoxy groups -OCH3 is 2. The molecule has 2 aliphatic carbocycles. The Labute approximate surface area is 172 Å². The van der Waals surface area contributed by atoms with E-state index in [4.69, 9.17) is 14.2 Å². The van der Waals surface area contributed by atoms with E-state index in [1.54, 1.807) is 0 Å². The number of nitriles is 1. The molecule has 1 saturated carbocycles. The van der Waals surface area contributed by atoms with Crippen LogP contribution < -0.4 is 0 Å². The highest BCUT2D eigenvalue weighted by molar-refractivity contribution is 5.93. The lowest BCUT2D eigenvalue weighted by Gasteiger charge is -2.27. The van der Waals surface area contributed by atoms with Gasteiger partial charge < -0.3 is 19.2 Å². The van der Waals surface area contributed by atoms with Crippen LogP contribution in [0.4, 0.5) is 0 Å². The minimum Gasteiger partial charge on any atom is -0.469 e. The largest absolute Gasteiger partial charge is 0.469 e. The molecule has 4 atom stereocenters. The molecular formula is C22H20N2O6. The predicted molar refractivity (Wildman–Crippen MR) is 102 cm³/mol. The van der Waals surface area contributed by atoms with E-state index in [0.29, 0.717) is 17.5 Å². The van der Waals surface area contributed by atoms with Crippen LogP contribution in [-0.4, -0.2) is 37.1 Å². The van der Waals surface area contributed by atoms with Crippen molar-refractivity contribution in [3.63, 3.8) is 0 Å². The zero-order valence-electron chi connectivity index (χ0n) is 16.5. The highest BCUT2D eigenvalue weighted by atomic mass is 16.5. The molecule has 0 spiro atoms. The van der Waals surface area contributed by atoms with Crippen molar-refractivity contribution in [3.8, 4) is 6.07 Å². The van der Waals surface area contributed by atoms with E-state index in [1.165, 1.54) is 14.2 Å². The van der Waals surface area contributed by atoms with Crippen LogP contribution in [0, 0.1) is 23.2 Å². The Morgan fingerprint density at radius 2 is 1.63 bits per heavy atom. The summed E-state index contributed by atoms with van der Waals surface area (Å²) >= 11 is 0. The molecule has 1 aromatic carbocycles. The Bertz CT molecular complexity index is 1050. The van der Waals surface area contributed by atoms with E-state index < -0.39 is 41.6 Å². The Morgan fingerprint density at radius 3 is 2.20 bits per heavy atom. The van der Waals surface area contributed by atoms with E-state index in [2.05, 4.69) is 11.1 Å². The van der Waals surface area contributed by atoms with Gasteiger partial charge in [-0.1, -0.05) is 30.3 Å². The number of aromatic nitrogens is 1. The average molecular weight is 408 g/mol. The number of ether oxygens (including phenoxy) is 3. The monoisotopic (exact) mass is 408 g/mol. The van der Waals surface area contributed by atoms with Crippen LogP contribution in [-0.2, 0) is 30.4 Å². The summed E-state index contributed by atoms with van der Waals surface area (Å²) in [5, 5.41) is 9.60. The van der Waals surface area contributed by atoms with Crippen LogP contribution in [0.2, 0.25) is 0 Å². The van der Waals surface area contributed by atoms with Gasteiger partial charge in [-0.05, 0) is 23.1 Å². The highest BCUT2D eigenvalue weighted by Gasteiger charge is 2.60. The molecule has 0 radical (unpaired) electrons. The number of nitrogens with zero attached hydrogens (tertiary/aromatic N) is 1. The van der Waals surface area contributed by atoms with Crippen molar-refractivity contribution in [3.05, 3.63) is 58.4 Å². The summed E-state index contributed by atoms with van der Waals surface area (Å²) in [6.07, 6.45) is 0.465. The molecule has 1 N–H and O–H groups in total. The fourth-order valence-corrected chi connectivity index (χ4v) is 4.90. The van der Waals surface area contributed by atoms with E-state index >= 15 is 0 Å². The second-order valence-electron chi connectivity index (χ2n) is 7.42. The third-order valence-electron chi connectivity index (χ3n) is 6.06. The summed E-state index contributed by atoms with van der Waals surface area (Å²) in [5.74, 6) is -4.03. The third-order valence-corrected chi connectivity index (χ3v) is 6.06. The predicted octanol–water partition coefficient (Wildman–Crippen LogP) is 2.41. The zero-order chi connectivity index (χ0) is 21.4. The lowest BCUT2D eigenvalue weighted by Crippen LogP contribution is -2.35. The lowest BCUT2D eigenvalue weighted by molar-refractivity contribution is -0.157. The molecule has 2 aliphatic rings. The normalized spacial score (nSPS) is 23.4. The Kier molecular flexibility index (Phi) is 5.04. The van der Waals surface area contributed by atoms with Gasteiger partial charge in [0.15, 0.2) is 0 Å². The van der Waals surface area contributed by atoms with Gasteiger partial charge in [0.1, 0.15) is 24.1 Å². The molecule has 0 amide bonds. The first kappa shape index (κ1) is 19.7. The van der Waals surface area contributed by atoms with Gasteiger partial charge in [0.25, 0.3) is 0 Å². The van der Waals surface area contributed by atoms with Gasteiger partial charge in [0.05, 0.1) is 26.1 Å². The first-order chi connectivity index (χ1) is 14.5. The standard InChI is InChI=1S/C22H20N2O6/c1-28-20(25)17-12-8-13(18(17)21(26)29-2)16-15(12)14(9-23)24-19(16)22(27)30-10-11-6-4-3-5-7-11/h3-7,12-13,17-18,24H,8,10H2,1-2H3/t12-,13+,17-,18-/m1/s1. The van der Waals surface area contributed by atoms with Crippen molar-refractivity contribution in [2.24, 2.45) is 11.8 Å². The van der Waals surface area contributed by atoms with E-state index in [0.717, 1.165) is 5.56 Å². The Hall–Kier alpha value is -3.60. The number of carbonyl (C=O) groups excluding carboxylic acids is 3. The summed E-state index contributed by atoms with van der Waals surface area (Å²) in [7, 11) is 2.52. The summed E-state index contributed by atoms with van der Waals surface area (Å²) in [5.41, 5.74) is 2.37. The van der Waals surface area contributed by atoms with Gasteiger partial charge in [-0.2, -0.15) is 5.26 Å². The summed E-state index contributed by atoms with van der Waals surface area (Å²) in [6.45, 7) is 0.0780.